The van der Waals surface area contributed by atoms with Crippen LogP contribution in [-0.4, -0.2) is 44.8 Å². The Labute approximate surface area is 165 Å². The summed E-state index contributed by atoms with van der Waals surface area (Å²) in [5, 5.41) is 14.5. The molecule has 1 fully saturated rings. The fraction of sp³-hybridized carbons (Fsp3) is 0.368. The first-order chi connectivity index (χ1) is 13.3. The third-order valence-corrected chi connectivity index (χ3v) is 6.70. The summed E-state index contributed by atoms with van der Waals surface area (Å²) in [4.78, 5) is 12.9. The van der Waals surface area contributed by atoms with E-state index in [4.69, 9.17) is 0 Å². The minimum absolute atomic E-state index is 0.0398. The van der Waals surface area contributed by atoms with Crippen LogP contribution in [0.5, 0.6) is 0 Å². The first-order valence-corrected chi connectivity index (χ1v) is 10.5. The molecule has 0 aliphatic carbocycles. The molecular weight excluding hydrogens is 380 g/mol. The summed E-state index contributed by atoms with van der Waals surface area (Å²) in [5.41, 5.74) is 2.08. The van der Waals surface area contributed by atoms with Gasteiger partial charge < -0.3 is 10.2 Å². The smallest absolute Gasteiger partial charge is 0.293 e. The number of nitro benzene ring substituents is 1. The fourth-order valence-electron chi connectivity index (χ4n) is 3.16. The summed E-state index contributed by atoms with van der Waals surface area (Å²) < 4.78 is 26.7. The van der Waals surface area contributed by atoms with Crippen molar-refractivity contribution in [1.82, 2.24) is 4.31 Å². The predicted molar refractivity (Wildman–Crippen MR) is 109 cm³/mol. The molecule has 0 spiro atoms. The molecule has 2 aromatic rings. The Balaban J connectivity index is 1.80. The molecule has 2 aromatic carbocycles. The van der Waals surface area contributed by atoms with Gasteiger partial charge in [0.05, 0.1) is 9.82 Å². The number of sulfonamides is 1. The van der Waals surface area contributed by atoms with Gasteiger partial charge in [0.2, 0.25) is 10.0 Å². The van der Waals surface area contributed by atoms with Crippen LogP contribution in [0.15, 0.2) is 47.4 Å². The number of rotatable bonds is 7. The third kappa shape index (κ3) is 4.26. The number of hydrogen-bond acceptors (Lipinski definition) is 6. The van der Waals surface area contributed by atoms with Crippen LogP contribution >= 0.6 is 0 Å². The lowest BCUT2D eigenvalue weighted by Crippen LogP contribution is -2.27. The van der Waals surface area contributed by atoms with E-state index in [-0.39, 0.29) is 10.6 Å². The van der Waals surface area contributed by atoms with Crippen molar-refractivity contribution in [1.29, 1.82) is 0 Å². The van der Waals surface area contributed by atoms with E-state index in [1.165, 1.54) is 16.4 Å². The Kier molecular flexibility index (Phi) is 5.85. The van der Waals surface area contributed by atoms with Gasteiger partial charge in [0.25, 0.3) is 5.69 Å². The average molecular weight is 404 g/mol. The molecule has 9 heteroatoms. The highest BCUT2D eigenvalue weighted by Gasteiger charge is 2.29. The van der Waals surface area contributed by atoms with Gasteiger partial charge in [0.15, 0.2) is 0 Å². The van der Waals surface area contributed by atoms with E-state index in [2.05, 4.69) is 5.32 Å². The van der Waals surface area contributed by atoms with Gasteiger partial charge in [-0.1, -0.05) is 12.1 Å². The summed E-state index contributed by atoms with van der Waals surface area (Å²) in [6, 6.07) is 11.9. The SMILES string of the molecule is CN(C)c1ccc(CNc2ccc(S(=O)(=O)N3CCCC3)cc2[N+](=O)[O-])cc1. The first kappa shape index (κ1) is 20.1. The minimum Gasteiger partial charge on any atom is -0.378 e. The van der Waals surface area contributed by atoms with E-state index in [9.17, 15) is 18.5 Å². The molecule has 3 rings (SSSR count). The minimum atomic E-state index is -3.70. The molecule has 1 aliphatic heterocycles. The number of nitro groups is 1. The fourth-order valence-corrected chi connectivity index (χ4v) is 4.70. The number of hydrogen-bond donors (Lipinski definition) is 1. The zero-order chi connectivity index (χ0) is 20.3. The van der Waals surface area contributed by atoms with Crippen LogP contribution in [0.3, 0.4) is 0 Å². The summed E-state index contributed by atoms with van der Waals surface area (Å²) in [6.45, 7) is 1.31. The van der Waals surface area contributed by atoms with Crippen LogP contribution in [0.4, 0.5) is 17.1 Å². The van der Waals surface area contributed by atoms with Gasteiger partial charge in [0, 0.05) is 45.5 Å². The third-order valence-electron chi connectivity index (χ3n) is 4.80. The second-order valence-corrected chi connectivity index (χ2v) is 8.90. The molecule has 0 saturated carbocycles. The maximum absolute atomic E-state index is 12.7. The second kappa shape index (κ2) is 8.15. The lowest BCUT2D eigenvalue weighted by Gasteiger charge is -2.16. The van der Waals surface area contributed by atoms with E-state index < -0.39 is 14.9 Å². The molecule has 0 unspecified atom stereocenters. The van der Waals surface area contributed by atoms with Gasteiger partial charge in [0.1, 0.15) is 5.69 Å². The number of nitrogens with zero attached hydrogens (tertiary/aromatic N) is 3. The maximum atomic E-state index is 12.7. The van der Waals surface area contributed by atoms with Gasteiger partial charge in [-0.15, -0.1) is 0 Å². The van der Waals surface area contributed by atoms with Crippen molar-refractivity contribution in [3.05, 3.63) is 58.1 Å². The zero-order valence-electron chi connectivity index (χ0n) is 16.0. The van der Waals surface area contributed by atoms with Crippen LogP contribution in [0, 0.1) is 10.1 Å². The Hall–Kier alpha value is -2.65. The first-order valence-electron chi connectivity index (χ1n) is 9.08. The van der Waals surface area contributed by atoms with Crippen LogP contribution in [0.25, 0.3) is 0 Å². The summed E-state index contributed by atoms with van der Waals surface area (Å²) >= 11 is 0. The Morgan fingerprint density at radius 1 is 1.11 bits per heavy atom. The molecule has 0 atom stereocenters. The van der Waals surface area contributed by atoms with Gasteiger partial charge in [-0.3, -0.25) is 10.1 Å². The van der Waals surface area contributed by atoms with Gasteiger partial charge in [-0.2, -0.15) is 4.31 Å². The molecule has 1 saturated heterocycles. The van der Waals surface area contributed by atoms with E-state index in [1.54, 1.807) is 0 Å². The van der Waals surface area contributed by atoms with E-state index in [1.807, 2.05) is 43.3 Å². The summed E-state index contributed by atoms with van der Waals surface area (Å²) in [5.74, 6) is 0. The molecule has 150 valence electrons. The van der Waals surface area contributed by atoms with Crippen molar-refractivity contribution in [2.45, 2.75) is 24.3 Å². The Morgan fingerprint density at radius 2 is 1.75 bits per heavy atom. The summed E-state index contributed by atoms with van der Waals surface area (Å²) in [6.07, 6.45) is 1.63. The zero-order valence-corrected chi connectivity index (χ0v) is 16.8. The van der Waals surface area contributed by atoms with Crippen molar-refractivity contribution >= 4 is 27.1 Å². The molecule has 8 nitrogen and oxygen atoms in total. The normalized spacial score (nSPS) is 14.8. The molecule has 1 N–H and O–H groups in total. The van der Waals surface area contributed by atoms with Crippen LogP contribution < -0.4 is 10.2 Å². The topological polar surface area (TPSA) is 95.8 Å². The van der Waals surface area contributed by atoms with Gasteiger partial charge >= 0.3 is 0 Å². The summed E-state index contributed by atoms with van der Waals surface area (Å²) in [7, 11) is 0.210. The van der Waals surface area contributed by atoms with Gasteiger partial charge in [-0.05, 0) is 42.7 Å². The number of anilines is 2. The standard InChI is InChI=1S/C19H24N4O4S/c1-21(2)16-7-5-15(6-8-16)14-20-18-10-9-17(13-19(18)23(24)25)28(26,27)22-11-3-4-12-22/h5-10,13,20H,3-4,11-12,14H2,1-2H3. The quantitative estimate of drug-likeness (QED) is 0.563. The van der Waals surface area contributed by atoms with Crippen molar-refractivity contribution < 1.29 is 13.3 Å². The monoisotopic (exact) mass is 404 g/mol. The lowest BCUT2D eigenvalue weighted by molar-refractivity contribution is -0.384. The molecule has 0 bridgehead atoms. The van der Waals surface area contributed by atoms with Gasteiger partial charge in [-0.25, -0.2) is 8.42 Å². The molecular formula is C19H24N4O4S. The Morgan fingerprint density at radius 3 is 2.32 bits per heavy atom. The van der Waals surface area contributed by atoms with Crippen LogP contribution in [0.2, 0.25) is 0 Å². The Bertz CT molecular complexity index is 952. The molecule has 1 heterocycles. The highest BCUT2D eigenvalue weighted by atomic mass is 32.2. The van der Waals surface area contributed by atoms with E-state index in [0.717, 1.165) is 30.2 Å². The predicted octanol–water partition coefficient (Wildman–Crippen LogP) is 3.06. The maximum Gasteiger partial charge on any atom is 0.293 e. The van der Waals surface area contributed by atoms with Crippen LogP contribution in [0.1, 0.15) is 18.4 Å². The molecule has 0 amide bonds. The van der Waals surface area contributed by atoms with Crippen molar-refractivity contribution in [2.24, 2.45) is 0 Å². The molecule has 0 aromatic heterocycles. The van der Waals surface area contributed by atoms with E-state index in [0.29, 0.717) is 25.3 Å². The number of nitrogens with one attached hydrogen (secondary N) is 1. The second-order valence-electron chi connectivity index (χ2n) is 6.96. The largest absolute Gasteiger partial charge is 0.378 e. The average Bonchev–Trinajstić information content (AvgIpc) is 3.22. The molecule has 1 aliphatic rings. The van der Waals surface area contributed by atoms with Crippen molar-refractivity contribution in [3.8, 4) is 0 Å². The molecule has 0 radical (unpaired) electrons. The van der Waals surface area contributed by atoms with Crippen molar-refractivity contribution in [2.75, 3.05) is 37.4 Å². The highest BCUT2D eigenvalue weighted by Crippen LogP contribution is 2.30. The molecule has 28 heavy (non-hydrogen) atoms. The van der Waals surface area contributed by atoms with E-state index >= 15 is 0 Å². The highest BCUT2D eigenvalue weighted by molar-refractivity contribution is 7.89. The van der Waals surface area contributed by atoms with Crippen molar-refractivity contribution in [3.63, 3.8) is 0 Å². The lowest BCUT2D eigenvalue weighted by atomic mass is 10.2. The van der Waals surface area contributed by atoms with Crippen LogP contribution in [-0.2, 0) is 16.6 Å². The number of benzene rings is 2.